The predicted molar refractivity (Wildman–Crippen MR) is 103 cm³/mol. The minimum absolute atomic E-state index is 0.0324. The van der Waals surface area contributed by atoms with Crippen molar-refractivity contribution in [1.29, 1.82) is 0 Å². The van der Waals surface area contributed by atoms with Gasteiger partial charge in [0.05, 0.1) is 0 Å². The van der Waals surface area contributed by atoms with Crippen LogP contribution in [0.1, 0.15) is 29.8 Å². The Balaban J connectivity index is 1.59. The number of nitrogens with one attached hydrogen (secondary N) is 2. The van der Waals surface area contributed by atoms with Gasteiger partial charge in [-0.15, -0.1) is 0 Å². The summed E-state index contributed by atoms with van der Waals surface area (Å²) < 4.78 is 2.11. The first-order valence-corrected chi connectivity index (χ1v) is 8.67. The van der Waals surface area contributed by atoms with E-state index in [0.29, 0.717) is 17.8 Å². The number of urea groups is 1. The Morgan fingerprint density at radius 1 is 1.19 bits per heavy atom. The molecule has 1 aromatic carbocycles. The Bertz CT molecular complexity index is 946. The van der Waals surface area contributed by atoms with Gasteiger partial charge in [-0.05, 0) is 50.1 Å². The number of hydrogen-bond acceptors (Lipinski definition) is 3. The summed E-state index contributed by atoms with van der Waals surface area (Å²) in [5.74, 6) is -0.0324. The van der Waals surface area contributed by atoms with Gasteiger partial charge in [-0.3, -0.25) is 4.79 Å². The summed E-state index contributed by atoms with van der Waals surface area (Å²) in [5.41, 5.74) is 3.30. The molecule has 2 aromatic heterocycles. The number of benzene rings is 1. The van der Waals surface area contributed by atoms with Crippen molar-refractivity contribution in [2.75, 3.05) is 11.9 Å². The average molecular weight is 350 g/mol. The molecule has 0 bridgehead atoms. The molecule has 3 aromatic rings. The normalized spacial score (nSPS) is 10.7. The van der Waals surface area contributed by atoms with Gasteiger partial charge in [-0.1, -0.05) is 12.1 Å². The van der Waals surface area contributed by atoms with Crippen LogP contribution in [0.2, 0.25) is 0 Å². The van der Waals surface area contributed by atoms with Gasteiger partial charge < -0.3 is 15.2 Å². The second-order valence-electron chi connectivity index (χ2n) is 6.08. The van der Waals surface area contributed by atoms with Gasteiger partial charge in [0.25, 0.3) is 0 Å². The first kappa shape index (κ1) is 17.7. The third kappa shape index (κ3) is 3.91. The van der Waals surface area contributed by atoms with E-state index in [1.165, 1.54) is 6.92 Å². The van der Waals surface area contributed by atoms with Crippen LogP contribution >= 0.6 is 0 Å². The quantitative estimate of drug-likeness (QED) is 0.667. The highest BCUT2D eigenvalue weighted by atomic mass is 16.2. The van der Waals surface area contributed by atoms with Gasteiger partial charge in [0, 0.05) is 42.1 Å². The molecule has 3 rings (SSSR count). The van der Waals surface area contributed by atoms with E-state index in [1.54, 1.807) is 30.5 Å². The Kier molecular flexibility index (Phi) is 5.31. The molecule has 0 aliphatic heterocycles. The Labute approximate surface area is 152 Å². The van der Waals surface area contributed by atoms with E-state index in [9.17, 15) is 9.59 Å². The molecule has 0 radical (unpaired) electrons. The molecule has 0 unspecified atom stereocenters. The predicted octanol–water partition coefficient (Wildman–Crippen LogP) is 3.62. The van der Waals surface area contributed by atoms with Gasteiger partial charge in [-0.25, -0.2) is 9.78 Å². The number of ketones is 1. The van der Waals surface area contributed by atoms with E-state index in [0.717, 1.165) is 29.6 Å². The summed E-state index contributed by atoms with van der Waals surface area (Å²) in [6.07, 6.45) is 4.60. The Morgan fingerprint density at radius 2 is 2.04 bits per heavy atom. The standard InChI is InChI=1S/C20H22N4O2/c1-3-24-13-16(18-8-5-10-21-19(18)24)9-11-22-20(26)23-17-7-4-6-15(12-17)14(2)25/h4-8,10,12-13H,3,9,11H2,1-2H3,(H2,22,23,26). The summed E-state index contributed by atoms with van der Waals surface area (Å²) in [5, 5.41) is 6.73. The van der Waals surface area contributed by atoms with E-state index in [1.807, 2.05) is 6.07 Å². The van der Waals surface area contributed by atoms with E-state index in [4.69, 9.17) is 0 Å². The van der Waals surface area contributed by atoms with Gasteiger partial charge in [0.2, 0.25) is 0 Å². The van der Waals surface area contributed by atoms with Gasteiger partial charge in [0.15, 0.2) is 5.78 Å². The maximum atomic E-state index is 12.1. The van der Waals surface area contributed by atoms with Crippen molar-refractivity contribution < 1.29 is 9.59 Å². The van der Waals surface area contributed by atoms with Crippen molar-refractivity contribution >= 4 is 28.5 Å². The molecule has 0 saturated carbocycles. The number of pyridine rings is 1. The van der Waals surface area contributed by atoms with Crippen LogP contribution in [0.15, 0.2) is 48.8 Å². The number of carbonyl (C=O) groups excluding carboxylic acids is 2. The number of aromatic nitrogens is 2. The highest BCUT2D eigenvalue weighted by Gasteiger charge is 2.09. The molecule has 0 aliphatic carbocycles. The van der Waals surface area contributed by atoms with Crippen LogP contribution in [0.3, 0.4) is 0 Å². The fourth-order valence-corrected chi connectivity index (χ4v) is 2.94. The van der Waals surface area contributed by atoms with Gasteiger partial charge in [0.1, 0.15) is 5.65 Å². The number of Topliss-reactive ketones (excluding diaryl/α,β-unsaturated/α-hetero) is 1. The zero-order valence-electron chi connectivity index (χ0n) is 15.0. The second-order valence-corrected chi connectivity index (χ2v) is 6.08. The summed E-state index contributed by atoms with van der Waals surface area (Å²) >= 11 is 0. The number of aryl methyl sites for hydroxylation is 1. The van der Waals surface area contributed by atoms with Crippen LogP contribution in [-0.4, -0.2) is 27.9 Å². The fourth-order valence-electron chi connectivity index (χ4n) is 2.94. The van der Waals surface area contributed by atoms with Crippen molar-refractivity contribution in [3.63, 3.8) is 0 Å². The van der Waals surface area contributed by atoms with Crippen LogP contribution in [0.4, 0.5) is 10.5 Å². The van der Waals surface area contributed by atoms with Crippen molar-refractivity contribution in [2.24, 2.45) is 0 Å². The second kappa shape index (κ2) is 7.82. The zero-order valence-corrected chi connectivity index (χ0v) is 15.0. The lowest BCUT2D eigenvalue weighted by molar-refractivity contribution is 0.101. The minimum atomic E-state index is -0.289. The number of anilines is 1. The lowest BCUT2D eigenvalue weighted by atomic mass is 10.1. The fraction of sp³-hybridized carbons (Fsp3) is 0.250. The molecule has 0 spiro atoms. The average Bonchev–Trinajstić information content (AvgIpc) is 3.00. The maximum Gasteiger partial charge on any atom is 0.319 e. The lowest BCUT2D eigenvalue weighted by Crippen LogP contribution is -2.30. The van der Waals surface area contributed by atoms with Crippen molar-refractivity contribution in [2.45, 2.75) is 26.8 Å². The number of amides is 2. The molecule has 26 heavy (non-hydrogen) atoms. The lowest BCUT2D eigenvalue weighted by Gasteiger charge is -2.08. The highest BCUT2D eigenvalue weighted by Crippen LogP contribution is 2.19. The molecule has 0 atom stereocenters. The molecule has 6 nitrogen and oxygen atoms in total. The topological polar surface area (TPSA) is 76.0 Å². The largest absolute Gasteiger partial charge is 0.338 e. The maximum absolute atomic E-state index is 12.1. The number of carbonyl (C=O) groups is 2. The zero-order chi connectivity index (χ0) is 18.5. The van der Waals surface area contributed by atoms with Gasteiger partial charge in [-0.2, -0.15) is 0 Å². The van der Waals surface area contributed by atoms with Crippen LogP contribution in [0, 0.1) is 0 Å². The Hall–Kier alpha value is -3.15. The summed E-state index contributed by atoms with van der Waals surface area (Å²) in [6.45, 7) is 4.95. The summed E-state index contributed by atoms with van der Waals surface area (Å²) in [6, 6.07) is 10.6. The van der Waals surface area contributed by atoms with E-state index < -0.39 is 0 Å². The van der Waals surface area contributed by atoms with E-state index in [2.05, 4.69) is 39.4 Å². The smallest absolute Gasteiger partial charge is 0.319 e. The number of rotatable bonds is 6. The molecule has 0 saturated heterocycles. The highest BCUT2D eigenvalue weighted by molar-refractivity contribution is 5.96. The molecular formula is C20H22N4O2. The molecule has 2 N–H and O–H groups in total. The van der Waals surface area contributed by atoms with Crippen LogP contribution in [-0.2, 0) is 13.0 Å². The van der Waals surface area contributed by atoms with Crippen LogP contribution in [0.25, 0.3) is 11.0 Å². The molecule has 6 heteroatoms. The number of fused-ring (bicyclic) bond motifs is 1. The first-order chi connectivity index (χ1) is 12.6. The SMILES string of the molecule is CCn1cc(CCNC(=O)Nc2cccc(C(C)=O)c2)c2cccnc21. The van der Waals surface area contributed by atoms with E-state index >= 15 is 0 Å². The van der Waals surface area contributed by atoms with Crippen LogP contribution < -0.4 is 10.6 Å². The van der Waals surface area contributed by atoms with Crippen molar-refractivity contribution in [3.8, 4) is 0 Å². The molecule has 2 heterocycles. The number of nitrogens with zero attached hydrogens (tertiary/aromatic N) is 2. The number of hydrogen-bond donors (Lipinski definition) is 2. The Morgan fingerprint density at radius 3 is 2.81 bits per heavy atom. The molecule has 2 amide bonds. The third-order valence-corrected chi connectivity index (χ3v) is 4.26. The molecular weight excluding hydrogens is 328 g/mol. The third-order valence-electron chi connectivity index (χ3n) is 4.26. The first-order valence-electron chi connectivity index (χ1n) is 8.67. The minimum Gasteiger partial charge on any atom is -0.338 e. The molecule has 0 aliphatic rings. The van der Waals surface area contributed by atoms with Crippen molar-refractivity contribution in [1.82, 2.24) is 14.9 Å². The summed E-state index contributed by atoms with van der Waals surface area (Å²) in [4.78, 5) is 27.9. The monoisotopic (exact) mass is 350 g/mol. The molecule has 134 valence electrons. The van der Waals surface area contributed by atoms with Crippen LogP contribution in [0.5, 0.6) is 0 Å². The van der Waals surface area contributed by atoms with E-state index in [-0.39, 0.29) is 11.8 Å². The van der Waals surface area contributed by atoms with Gasteiger partial charge >= 0.3 is 6.03 Å². The van der Waals surface area contributed by atoms with Crippen molar-refractivity contribution in [3.05, 3.63) is 59.9 Å². The summed E-state index contributed by atoms with van der Waals surface area (Å²) in [7, 11) is 0. The molecule has 0 fully saturated rings.